The molecule has 1 aromatic heterocycles. The van der Waals surface area contributed by atoms with Crippen molar-refractivity contribution in [3.8, 4) is 0 Å². The molecule has 0 spiro atoms. The van der Waals surface area contributed by atoms with E-state index in [9.17, 15) is 9.18 Å². The molecule has 1 amide bonds. The van der Waals surface area contributed by atoms with E-state index in [0.29, 0.717) is 5.56 Å². The molecule has 4 nitrogen and oxygen atoms in total. The summed E-state index contributed by atoms with van der Waals surface area (Å²) in [4.78, 5) is 18.2. The van der Waals surface area contributed by atoms with Gasteiger partial charge < -0.3 is 5.32 Å². The molecular weight excluding hydrogens is 293 g/mol. The van der Waals surface area contributed by atoms with Gasteiger partial charge in [-0.25, -0.2) is 4.39 Å². The second-order valence-electron chi connectivity index (χ2n) is 5.49. The highest BCUT2D eigenvalue weighted by Crippen LogP contribution is 2.21. The van der Waals surface area contributed by atoms with Gasteiger partial charge in [0.15, 0.2) is 0 Å². The zero-order valence-electron chi connectivity index (χ0n) is 13.5. The summed E-state index contributed by atoms with van der Waals surface area (Å²) in [7, 11) is 1.91. The van der Waals surface area contributed by atoms with Crippen molar-refractivity contribution < 1.29 is 9.18 Å². The predicted molar refractivity (Wildman–Crippen MR) is 88.1 cm³/mol. The van der Waals surface area contributed by atoms with Crippen LogP contribution in [0.5, 0.6) is 0 Å². The van der Waals surface area contributed by atoms with Gasteiger partial charge in [0, 0.05) is 30.5 Å². The first-order valence-electron chi connectivity index (χ1n) is 7.72. The van der Waals surface area contributed by atoms with Crippen molar-refractivity contribution in [3.63, 3.8) is 0 Å². The van der Waals surface area contributed by atoms with Crippen LogP contribution in [0.3, 0.4) is 0 Å². The van der Waals surface area contributed by atoms with Crippen LogP contribution >= 0.6 is 0 Å². The molecule has 23 heavy (non-hydrogen) atoms. The lowest BCUT2D eigenvalue weighted by molar-refractivity contribution is -0.122. The Morgan fingerprint density at radius 1 is 1.30 bits per heavy atom. The molecule has 0 unspecified atom stereocenters. The average Bonchev–Trinajstić information content (AvgIpc) is 2.56. The van der Waals surface area contributed by atoms with Gasteiger partial charge in [0.1, 0.15) is 5.82 Å². The molecule has 0 aliphatic carbocycles. The first-order valence-corrected chi connectivity index (χ1v) is 7.72. The van der Waals surface area contributed by atoms with Crippen molar-refractivity contribution in [1.82, 2.24) is 15.2 Å². The number of hydrogen-bond acceptors (Lipinski definition) is 3. The average molecular weight is 315 g/mol. The van der Waals surface area contributed by atoms with Crippen LogP contribution in [-0.2, 0) is 11.3 Å². The Bertz CT molecular complexity index is 633. The van der Waals surface area contributed by atoms with E-state index < -0.39 is 0 Å². The Morgan fingerprint density at radius 2 is 2.09 bits per heavy atom. The molecule has 5 heteroatoms. The van der Waals surface area contributed by atoms with Crippen LogP contribution in [0.2, 0.25) is 0 Å². The number of aromatic nitrogens is 1. The van der Waals surface area contributed by atoms with E-state index in [4.69, 9.17) is 0 Å². The van der Waals surface area contributed by atoms with Gasteiger partial charge in [0.2, 0.25) is 5.91 Å². The Kier molecular flexibility index (Phi) is 6.23. The largest absolute Gasteiger partial charge is 0.351 e. The van der Waals surface area contributed by atoms with E-state index in [-0.39, 0.29) is 30.9 Å². The monoisotopic (exact) mass is 315 g/mol. The summed E-state index contributed by atoms with van der Waals surface area (Å²) < 4.78 is 13.5. The van der Waals surface area contributed by atoms with Gasteiger partial charge in [-0.05, 0) is 31.2 Å². The highest BCUT2D eigenvalue weighted by atomic mass is 19.1. The minimum absolute atomic E-state index is 0.127. The van der Waals surface area contributed by atoms with Crippen LogP contribution in [0.15, 0.2) is 48.8 Å². The highest BCUT2D eigenvalue weighted by molar-refractivity contribution is 5.78. The fourth-order valence-corrected chi connectivity index (χ4v) is 2.60. The van der Waals surface area contributed by atoms with Crippen LogP contribution in [-0.4, -0.2) is 29.4 Å². The molecule has 0 aliphatic heterocycles. The Morgan fingerprint density at radius 3 is 2.74 bits per heavy atom. The molecule has 122 valence electrons. The molecule has 2 aromatic rings. The molecule has 1 N–H and O–H groups in total. The lowest BCUT2D eigenvalue weighted by atomic mass is 10.1. The number of carbonyl (C=O) groups excluding carboxylic acids is 1. The van der Waals surface area contributed by atoms with Gasteiger partial charge in [-0.3, -0.25) is 14.7 Å². The number of nitrogens with one attached hydrogen (secondary N) is 1. The van der Waals surface area contributed by atoms with Crippen molar-refractivity contribution in [2.24, 2.45) is 0 Å². The summed E-state index contributed by atoms with van der Waals surface area (Å²) in [6.07, 6.45) is 4.43. The minimum Gasteiger partial charge on any atom is -0.351 e. The summed E-state index contributed by atoms with van der Waals surface area (Å²) >= 11 is 0. The molecule has 0 fully saturated rings. The topological polar surface area (TPSA) is 45.2 Å². The van der Waals surface area contributed by atoms with Crippen molar-refractivity contribution in [2.75, 3.05) is 13.6 Å². The molecule has 2 rings (SSSR count). The normalized spacial score (nSPS) is 12.2. The van der Waals surface area contributed by atoms with Gasteiger partial charge in [0.25, 0.3) is 0 Å². The fourth-order valence-electron chi connectivity index (χ4n) is 2.60. The van der Waals surface area contributed by atoms with Crippen LogP contribution in [0.1, 0.15) is 30.5 Å². The van der Waals surface area contributed by atoms with Crippen molar-refractivity contribution in [1.29, 1.82) is 0 Å². The summed E-state index contributed by atoms with van der Waals surface area (Å²) in [5.74, 6) is -0.430. The molecule has 1 aromatic carbocycles. The zero-order chi connectivity index (χ0) is 16.7. The van der Waals surface area contributed by atoms with Gasteiger partial charge >= 0.3 is 0 Å². The SMILES string of the molecule is CC[C@@H](c1cccnc1)N(C)CC(=O)NCc1ccccc1F. The lowest BCUT2D eigenvalue weighted by Crippen LogP contribution is -2.36. The van der Waals surface area contributed by atoms with Crippen LogP contribution in [0.4, 0.5) is 4.39 Å². The first-order chi connectivity index (χ1) is 11.1. The molecule has 0 aliphatic rings. The van der Waals surface area contributed by atoms with Gasteiger partial charge in [-0.15, -0.1) is 0 Å². The third-order valence-electron chi connectivity index (χ3n) is 3.81. The molecule has 1 atom stereocenters. The quantitative estimate of drug-likeness (QED) is 0.854. The Balaban J connectivity index is 1.90. The van der Waals surface area contributed by atoms with Gasteiger partial charge in [-0.2, -0.15) is 0 Å². The maximum Gasteiger partial charge on any atom is 0.234 e. The summed E-state index contributed by atoms with van der Waals surface area (Å²) in [6.45, 7) is 2.52. The Hall–Kier alpha value is -2.27. The Labute approximate surface area is 136 Å². The number of halogens is 1. The molecule has 0 saturated heterocycles. The molecule has 1 heterocycles. The molecule has 0 radical (unpaired) electrons. The standard InChI is InChI=1S/C18H22FN3O/c1-3-17(15-8-6-10-20-11-15)22(2)13-18(23)21-12-14-7-4-5-9-16(14)19/h4-11,17H,3,12-13H2,1-2H3,(H,21,23)/t17-/m0/s1. The van der Waals surface area contributed by atoms with Gasteiger partial charge in [-0.1, -0.05) is 31.2 Å². The lowest BCUT2D eigenvalue weighted by Gasteiger charge is -2.26. The number of amides is 1. The maximum atomic E-state index is 13.5. The number of benzene rings is 1. The predicted octanol–water partition coefficient (Wildman–Crippen LogP) is 2.92. The van der Waals surface area contributed by atoms with Crippen LogP contribution < -0.4 is 5.32 Å². The molecule has 0 bridgehead atoms. The van der Waals surface area contributed by atoms with Crippen molar-refractivity contribution in [3.05, 3.63) is 65.7 Å². The summed E-state index contributed by atoms with van der Waals surface area (Å²) in [6, 6.07) is 10.5. The second kappa shape index (κ2) is 8.39. The third-order valence-corrected chi connectivity index (χ3v) is 3.81. The number of nitrogens with zero attached hydrogens (tertiary/aromatic N) is 2. The summed E-state index contributed by atoms with van der Waals surface area (Å²) in [5, 5.41) is 2.76. The number of likely N-dealkylation sites (N-methyl/N-ethyl adjacent to an activating group) is 1. The number of hydrogen-bond donors (Lipinski definition) is 1. The summed E-state index contributed by atoms with van der Waals surface area (Å²) in [5.41, 5.74) is 1.57. The number of pyridine rings is 1. The van der Waals surface area contributed by atoms with Crippen LogP contribution in [0.25, 0.3) is 0 Å². The number of carbonyl (C=O) groups is 1. The first kappa shape index (κ1) is 17.1. The van der Waals surface area contributed by atoms with Crippen molar-refractivity contribution in [2.45, 2.75) is 25.9 Å². The smallest absolute Gasteiger partial charge is 0.234 e. The minimum atomic E-state index is -0.303. The second-order valence-corrected chi connectivity index (χ2v) is 5.49. The van der Waals surface area contributed by atoms with E-state index in [2.05, 4.69) is 17.2 Å². The number of rotatable bonds is 7. The fraction of sp³-hybridized carbons (Fsp3) is 0.333. The van der Waals surface area contributed by atoms with Gasteiger partial charge in [0.05, 0.1) is 6.54 Å². The maximum absolute atomic E-state index is 13.5. The highest BCUT2D eigenvalue weighted by Gasteiger charge is 2.17. The van der Waals surface area contributed by atoms with Crippen LogP contribution in [0, 0.1) is 5.82 Å². The van der Waals surface area contributed by atoms with Crippen molar-refractivity contribution >= 4 is 5.91 Å². The molecular formula is C18H22FN3O. The van der Waals surface area contributed by atoms with E-state index in [1.165, 1.54) is 6.07 Å². The van der Waals surface area contributed by atoms with E-state index in [1.807, 2.05) is 30.3 Å². The van der Waals surface area contributed by atoms with E-state index >= 15 is 0 Å². The third kappa shape index (κ3) is 4.86. The zero-order valence-corrected chi connectivity index (χ0v) is 13.5. The van der Waals surface area contributed by atoms with E-state index in [0.717, 1.165) is 12.0 Å². The van der Waals surface area contributed by atoms with E-state index in [1.54, 1.807) is 24.4 Å². The molecule has 0 saturated carbocycles.